The van der Waals surface area contributed by atoms with Gasteiger partial charge in [-0.3, -0.25) is 9.59 Å². The third-order valence-corrected chi connectivity index (χ3v) is 3.88. The van der Waals surface area contributed by atoms with E-state index in [1.165, 1.54) is 0 Å². The van der Waals surface area contributed by atoms with Crippen molar-refractivity contribution in [2.45, 2.75) is 25.5 Å². The van der Waals surface area contributed by atoms with Crippen molar-refractivity contribution in [3.05, 3.63) is 24.3 Å². The van der Waals surface area contributed by atoms with E-state index in [0.29, 0.717) is 18.7 Å². The number of hydrogen-bond donors (Lipinski definition) is 2. The molecular weight excluding hydrogens is 278 g/mol. The molecule has 0 bridgehead atoms. The predicted molar refractivity (Wildman–Crippen MR) is 80.4 cm³/mol. The van der Waals surface area contributed by atoms with Crippen molar-refractivity contribution >= 4 is 29.3 Å². The molecule has 20 heavy (non-hydrogen) atoms. The highest BCUT2D eigenvalue weighted by Crippen LogP contribution is 2.18. The van der Waals surface area contributed by atoms with Gasteiger partial charge in [-0.25, -0.2) is 0 Å². The van der Waals surface area contributed by atoms with Crippen LogP contribution in [0.15, 0.2) is 24.3 Å². The molecule has 6 heteroatoms. The zero-order valence-corrected chi connectivity index (χ0v) is 12.4. The SMILES string of the molecule is CCOc1ccc(NC(=O)CSC(CC)C(=O)O)cc1. The van der Waals surface area contributed by atoms with Crippen LogP contribution in [0.1, 0.15) is 20.3 Å². The van der Waals surface area contributed by atoms with Crippen LogP contribution in [-0.4, -0.2) is 34.6 Å². The highest BCUT2D eigenvalue weighted by atomic mass is 32.2. The lowest BCUT2D eigenvalue weighted by Crippen LogP contribution is -2.20. The van der Waals surface area contributed by atoms with Crippen LogP contribution in [0.4, 0.5) is 5.69 Å². The van der Waals surface area contributed by atoms with Crippen molar-refractivity contribution in [2.24, 2.45) is 0 Å². The van der Waals surface area contributed by atoms with Crippen molar-refractivity contribution in [3.8, 4) is 5.75 Å². The zero-order chi connectivity index (χ0) is 15.0. The summed E-state index contributed by atoms with van der Waals surface area (Å²) in [5, 5.41) is 11.1. The third-order valence-electron chi connectivity index (χ3n) is 2.51. The molecule has 110 valence electrons. The first-order chi connectivity index (χ1) is 9.56. The second-order valence-electron chi connectivity index (χ2n) is 4.05. The summed E-state index contributed by atoms with van der Waals surface area (Å²) >= 11 is 1.13. The van der Waals surface area contributed by atoms with Gasteiger partial charge in [-0.2, -0.15) is 0 Å². The minimum Gasteiger partial charge on any atom is -0.494 e. The first-order valence-electron chi connectivity index (χ1n) is 6.44. The normalized spacial score (nSPS) is 11.7. The summed E-state index contributed by atoms with van der Waals surface area (Å²) in [6, 6.07) is 7.06. The monoisotopic (exact) mass is 297 g/mol. The Hall–Kier alpha value is -1.69. The number of ether oxygens (including phenoxy) is 1. The Bertz CT molecular complexity index is 447. The molecule has 0 saturated carbocycles. The van der Waals surface area contributed by atoms with Gasteiger partial charge in [0.1, 0.15) is 11.0 Å². The van der Waals surface area contributed by atoms with E-state index in [0.717, 1.165) is 17.5 Å². The minimum atomic E-state index is -0.883. The fourth-order valence-electron chi connectivity index (χ4n) is 1.54. The molecule has 5 nitrogen and oxygen atoms in total. The number of carbonyl (C=O) groups is 2. The smallest absolute Gasteiger partial charge is 0.316 e. The van der Waals surface area contributed by atoms with Crippen LogP contribution in [0.25, 0.3) is 0 Å². The highest BCUT2D eigenvalue weighted by Gasteiger charge is 2.17. The van der Waals surface area contributed by atoms with Crippen LogP contribution in [0.3, 0.4) is 0 Å². The number of aliphatic carboxylic acids is 1. The molecular formula is C14H19NO4S. The van der Waals surface area contributed by atoms with Gasteiger partial charge in [0.15, 0.2) is 0 Å². The van der Waals surface area contributed by atoms with Crippen LogP contribution >= 0.6 is 11.8 Å². The molecule has 1 rings (SSSR count). The van der Waals surface area contributed by atoms with Crippen LogP contribution in [0, 0.1) is 0 Å². The van der Waals surface area contributed by atoms with Gasteiger partial charge in [0.2, 0.25) is 5.91 Å². The molecule has 0 saturated heterocycles. The summed E-state index contributed by atoms with van der Waals surface area (Å²) in [5.74, 6) is -0.222. The molecule has 1 unspecified atom stereocenters. The number of carboxylic acids is 1. The number of anilines is 1. The second-order valence-corrected chi connectivity index (χ2v) is 5.24. The lowest BCUT2D eigenvalue weighted by atomic mass is 10.3. The number of amides is 1. The summed E-state index contributed by atoms with van der Waals surface area (Å²) in [7, 11) is 0. The summed E-state index contributed by atoms with van der Waals surface area (Å²) < 4.78 is 5.30. The van der Waals surface area contributed by atoms with Crippen molar-refractivity contribution in [3.63, 3.8) is 0 Å². The first-order valence-corrected chi connectivity index (χ1v) is 7.48. The number of carboxylic acid groups (broad SMARTS) is 1. The van der Waals surface area contributed by atoms with E-state index in [1.807, 2.05) is 6.92 Å². The average molecular weight is 297 g/mol. The van der Waals surface area contributed by atoms with Gasteiger partial charge < -0.3 is 15.2 Å². The largest absolute Gasteiger partial charge is 0.494 e. The van der Waals surface area contributed by atoms with Gasteiger partial charge in [0, 0.05) is 5.69 Å². The van der Waals surface area contributed by atoms with Crippen LogP contribution in [0.5, 0.6) is 5.75 Å². The minimum absolute atomic E-state index is 0.123. The van der Waals surface area contributed by atoms with Gasteiger partial charge >= 0.3 is 5.97 Å². The first kappa shape index (κ1) is 16.4. The van der Waals surface area contributed by atoms with Crippen LogP contribution in [0.2, 0.25) is 0 Å². The summed E-state index contributed by atoms with van der Waals surface area (Å²) in [6.45, 7) is 4.28. The highest BCUT2D eigenvalue weighted by molar-refractivity contribution is 8.01. The van der Waals surface area contributed by atoms with Crippen molar-refractivity contribution in [2.75, 3.05) is 17.7 Å². The van der Waals surface area contributed by atoms with Gasteiger partial charge in [-0.1, -0.05) is 6.92 Å². The van der Waals surface area contributed by atoms with E-state index >= 15 is 0 Å². The number of rotatable bonds is 8. The Kier molecular flexibility index (Phi) is 6.93. The van der Waals surface area contributed by atoms with E-state index in [2.05, 4.69) is 5.32 Å². The Morgan fingerprint density at radius 3 is 2.45 bits per heavy atom. The molecule has 0 aliphatic carbocycles. The third kappa shape index (κ3) is 5.52. The standard InChI is InChI=1S/C14H19NO4S/c1-3-12(14(17)18)20-9-13(16)15-10-5-7-11(8-6-10)19-4-2/h5-8,12H,3-4,9H2,1-2H3,(H,15,16)(H,17,18). The van der Waals surface area contributed by atoms with E-state index < -0.39 is 11.2 Å². The van der Waals surface area contributed by atoms with E-state index in [4.69, 9.17) is 9.84 Å². The number of thioether (sulfide) groups is 1. The fourth-order valence-corrected chi connectivity index (χ4v) is 2.34. The second kappa shape index (κ2) is 8.47. The van der Waals surface area contributed by atoms with Gasteiger partial charge in [0.05, 0.1) is 12.4 Å². The molecule has 0 heterocycles. The molecule has 0 aliphatic rings. The molecule has 0 radical (unpaired) electrons. The molecule has 0 aliphatic heterocycles. The van der Waals surface area contributed by atoms with Crippen molar-refractivity contribution in [1.29, 1.82) is 0 Å². The maximum atomic E-state index is 11.7. The lowest BCUT2D eigenvalue weighted by Gasteiger charge is -2.10. The van der Waals surface area contributed by atoms with E-state index in [-0.39, 0.29) is 11.7 Å². The molecule has 0 spiro atoms. The Labute approximate surface area is 122 Å². The van der Waals surface area contributed by atoms with Crippen LogP contribution in [-0.2, 0) is 9.59 Å². The Morgan fingerprint density at radius 2 is 1.95 bits per heavy atom. The molecule has 0 aromatic heterocycles. The molecule has 2 N–H and O–H groups in total. The zero-order valence-electron chi connectivity index (χ0n) is 11.6. The molecule has 1 amide bonds. The fraction of sp³-hybridized carbons (Fsp3) is 0.429. The summed E-state index contributed by atoms with van der Waals surface area (Å²) in [5.41, 5.74) is 0.669. The number of hydrogen-bond acceptors (Lipinski definition) is 4. The Balaban J connectivity index is 2.43. The quantitative estimate of drug-likeness (QED) is 0.771. The topological polar surface area (TPSA) is 75.6 Å². The summed E-state index contributed by atoms with van der Waals surface area (Å²) in [4.78, 5) is 22.5. The number of carbonyl (C=O) groups excluding carboxylic acids is 1. The molecule has 1 atom stereocenters. The lowest BCUT2D eigenvalue weighted by molar-refractivity contribution is -0.136. The van der Waals surface area contributed by atoms with Crippen LogP contribution < -0.4 is 10.1 Å². The van der Waals surface area contributed by atoms with Gasteiger partial charge in [-0.15, -0.1) is 11.8 Å². The van der Waals surface area contributed by atoms with Crippen molar-refractivity contribution < 1.29 is 19.4 Å². The van der Waals surface area contributed by atoms with Gasteiger partial charge in [-0.05, 0) is 37.6 Å². The molecule has 1 aromatic rings. The Morgan fingerprint density at radius 1 is 1.30 bits per heavy atom. The van der Waals surface area contributed by atoms with Gasteiger partial charge in [0.25, 0.3) is 0 Å². The molecule has 0 fully saturated rings. The summed E-state index contributed by atoms with van der Waals surface area (Å²) in [6.07, 6.45) is 0.496. The molecule has 1 aromatic carbocycles. The average Bonchev–Trinajstić information content (AvgIpc) is 2.41. The number of nitrogens with one attached hydrogen (secondary N) is 1. The van der Waals surface area contributed by atoms with Crippen molar-refractivity contribution in [1.82, 2.24) is 0 Å². The maximum Gasteiger partial charge on any atom is 0.316 e. The maximum absolute atomic E-state index is 11.7. The number of benzene rings is 1. The predicted octanol–water partition coefficient (Wildman–Crippen LogP) is 2.62. The van der Waals surface area contributed by atoms with E-state index in [1.54, 1.807) is 31.2 Å². The van der Waals surface area contributed by atoms with E-state index in [9.17, 15) is 9.59 Å².